The second kappa shape index (κ2) is 9.57. The van der Waals surface area contributed by atoms with E-state index >= 15 is 0 Å². The maximum Gasteiger partial charge on any atom is 0.448 e. The lowest BCUT2D eigenvalue weighted by Gasteiger charge is -2.34. The van der Waals surface area contributed by atoms with E-state index in [0.29, 0.717) is 18.1 Å². The van der Waals surface area contributed by atoms with E-state index in [2.05, 4.69) is 14.5 Å². The van der Waals surface area contributed by atoms with Crippen LogP contribution in [0.2, 0.25) is 0 Å². The molecule has 0 radical (unpaired) electrons. The van der Waals surface area contributed by atoms with Crippen LogP contribution in [0.1, 0.15) is 19.4 Å². The van der Waals surface area contributed by atoms with Gasteiger partial charge in [0, 0.05) is 12.4 Å². The summed E-state index contributed by atoms with van der Waals surface area (Å²) in [7, 11) is 0.531. The number of hydrogen-bond donors (Lipinski definition) is 1. The third-order valence-corrected chi connectivity index (χ3v) is 5.24. The third kappa shape index (κ3) is 5.28. The predicted octanol–water partition coefficient (Wildman–Crippen LogP) is 4.18. The molecule has 0 saturated heterocycles. The first-order valence-electron chi connectivity index (χ1n) is 9.06. The van der Waals surface area contributed by atoms with Crippen LogP contribution in [0.25, 0.3) is 0 Å². The predicted molar refractivity (Wildman–Crippen MR) is 104 cm³/mol. The number of urea groups is 1. The average molecular weight is 487 g/mol. The van der Waals surface area contributed by atoms with E-state index in [0.717, 1.165) is 30.0 Å². The minimum atomic E-state index is -5.46. The number of amides is 2. The summed E-state index contributed by atoms with van der Waals surface area (Å²) < 4.78 is 89.6. The fourth-order valence-corrected chi connectivity index (χ4v) is 3.60. The Hall–Kier alpha value is -2.48. The number of carbonyl (C=O) groups excluding carboxylic acids is 2. The summed E-state index contributed by atoms with van der Waals surface area (Å²) in [5.74, 6) is -1.94. The van der Waals surface area contributed by atoms with Crippen LogP contribution in [0.3, 0.4) is 0 Å². The minimum Gasteiger partial charge on any atom is -0.462 e. The molecule has 1 N–H and O–H groups in total. The van der Waals surface area contributed by atoms with E-state index in [4.69, 9.17) is 0 Å². The van der Waals surface area contributed by atoms with Crippen molar-refractivity contribution in [1.29, 1.82) is 0 Å². The van der Waals surface area contributed by atoms with Crippen molar-refractivity contribution in [2.75, 3.05) is 25.2 Å². The van der Waals surface area contributed by atoms with Crippen LogP contribution < -0.4 is 10.2 Å². The molecule has 2 amide bonds. The molecule has 0 saturated carbocycles. The van der Waals surface area contributed by atoms with Crippen LogP contribution >= 0.6 is 11.8 Å². The Morgan fingerprint density at radius 3 is 2.38 bits per heavy atom. The normalized spacial score (nSPS) is 18.5. The van der Waals surface area contributed by atoms with Gasteiger partial charge in [-0.3, -0.25) is 10.3 Å². The number of esters is 1. The fraction of sp³-hybridized carbons (Fsp3) is 0.500. The lowest BCUT2D eigenvalue weighted by Crippen LogP contribution is -2.68. The highest BCUT2D eigenvalue weighted by Gasteiger charge is 2.65. The maximum atomic E-state index is 13.8. The van der Waals surface area contributed by atoms with Gasteiger partial charge in [0.05, 0.1) is 24.4 Å². The number of rotatable bonds is 5. The summed E-state index contributed by atoms with van der Waals surface area (Å²) in [4.78, 5) is 29.7. The number of alkyl halides is 6. The molecule has 1 aliphatic rings. The number of aliphatic imine (C=N–C) groups is 1. The Balaban J connectivity index is 2.55. The molecular weight excluding hydrogens is 468 g/mol. The highest BCUT2D eigenvalue weighted by atomic mass is 32.2. The van der Waals surface area contributed by atoms with Crippen molar-refractivity contribution in [3.8, 4) is 0 Å². The first-order chi connectivity index (χ1) is 14.8. The summed E-state index contributed by atoms with van der Waals surface area (Å²) in [5, 5.41) is 1.11. The zero-order chi connectivity index (χ0) is 24.3. The van der Waals surface area contributed by atoms with Gasteiger partial charge in [0.1, 0.15) is 0 Å². The number of ether oxygens (including phenoxy) is 2. The van der Waals surface area contributed by atoms with Gasteiger partial charge in [-0.1, -0.05) is 24.8 Å². The second-order valence-corrected chi connectivity index (χ2v) is 7.87. The lowest BCUT2D eigenvalue weighted by molar-refractivity contribution is -0.276. The number of methoxy groups -OCH3 is 1. The molecule has 0 aliphatic carbocycles. The molecule has 1 heterocycles. The Morgan fingerprint density at radius 1 is 1.25 bits per heavy atom. The van der Waals surface area contributed by atoms with Gasteiger partial charge in [-0.05, 0) is 25.1 Å². The van der Waals surface area contributed by atoms with E-state index in [-0.39, 0.29) is 17.0 Å². The number of carbonyl (C=O) groups is 2. The summed E-state index contributed by atoms with van der Waals surface area (Å²) in [6.45, 7) is 2.68. The van der Waals surface area contributed by atoms with Gasteiger partial charge in [0.25, 0.3) is 0 Å². The summed E-state index contributed by atoms with van der Waals surface area (Å²) >= 11 is 0.965. The molecular formula is C18H19F6N3O4S. The van der Waals surface area contributed by atoms with Crippen LogP contribution in [-0.4, -0.2) is 54.6 Å². The number of hydrogen-bond acceptors (Lipinski definition) is 6. The van der Waals surface area contributed by atoms with Gasteiger partial charge in [-0.2, -0.15) is 26.3 Å². The molecule has 2 rings (SSSR count). The van der Waals surface area contributed by atoms with Gasteiger partial charge < -0.3 is 9.47 Å². The topological polar surface area (TPSA) is 80.2 Å². The van der Waals surface area contributed by atoms with Crippen LogP contribution in [0.5, 0.6) is 0 Å². The second-order valence-electron chi connectivity index (χ2n) is 6.47. The van der Waals surface area contributed by atoms with E-state index in [1.807, 2.05) is 0 Å². The number of benzene rings is 1. The SMILES string of the molecule is CCOC(=O)C(NC(=O)N(C1=NCC(C)S1)c1cccc(C(F)(F)F)c1)(OC)C(F)(F)F. The van der Waals surface area contributed by atoms with E-state index < -0.39 is 47.9 Å². The number of nitrogens with one attached hydrogen (secondary N) is 1. The van der Waals surface area contributed by atoms with Crippen LogP contribution in [0.4, 0.5) is 36.8 Å². The number of halogens is 6. The van der Waals surface area contributed by atoms with Crippen molar-refractivity contribution in [3.05, 3.63) is 29.8 Å². The molecule has 0 aromatic heterocycles. The van der Waals surface area contributed by atoms with Crippen molar-refractivity contribution in [2.45, 2.75) is 37.2 Å². The van der Waals surface area contributed by atoms with Gasteiger partial charge in [-0.25, -0.2) is 14.5 Å². The molecule has 0 fully saturated rings. The summed E-state index contributed by atoms with van der Waals surface area (Å²) in [6, 6.07) is 1.81. The number of thioether (sulfide) groups is 1. The number of amidine groups is 1. The molecule has 32 heavy (non-hydrogen) atoms. The third-order valence-electron chi connectivity index (χ3n) is 4.17. The average Bonchev–Trinajstić information content (AvgIpc) is 3.10. The molecule has 7 nitrogen and oxygen atoms in total. The smallest absolute Gasteiger partial charge is 0.448 e. The molecule has 14 heteroatoms. The Kier molecular flexibility index (Phi) is 7.71. The van der Waals surface area contributed by atoms with Crippen molar-refractivity contribution < 1.29 is 45.4 Å². The maximum absolute atomic E-state index is 13.8. The zero-order valence-corrected chi connectivity index (χ0v) is 17.8. The van der Waals surface area contributed by atoms with Crippen molar-refractivity contribution in [3.63, 3.8) is 0 Å². The van der Waals surface area contributed by atoms with Crippen molar-refractivity contribution >= 4 is 34.6 Å². The van der Waals surface area contributed by atoms with E-state index in [9.17, 15) is 35.9 Å². The molecule has 0 bridgehead atoms. The fourth-order valence-electron chi connectivity index (χ4n) is 2.65. The lowest BCUT2D eigenvalue weighted by atomic mass is 10.2. The first-order valence-corrected chi connectivity index (χ1v) is 9.94. The molecule has 2 atom stereocenters. The van der Waals surface area contributed by atoms with Gasteiger partial charge in [-0.15, -0.1) is 0 Å². The van der Waals surface area contributed by atoms with Crippen LogP contribution in [0, 0.1) is 0 Å². The van der Waals surface area contributed by atoms with E-state index in [1.165, 1.54) is 12.2 Å². The quantitative estimate of drug-likeness (QED) is 0.383. The highest BCUT2D eigenvalue weighted by molar-refractivity contribution is 8.15. The van der Waals surface area contributed by atoms with Gasteiger partial charge >= 0.3 is 30.1 Å². The van der Waals surface area contributed by atoms with Crippen LogP contribution in [-0.2, 0) is 20.4 Å². The highest BCUT2D eigenvalue weighted by Crippen LogP contribution is 2.36. The number of nitrogens with zero attached hydrogens (tertiary/aromatic N) is 2. The van der Waals surface area contributed by atoms with Gasteiger partial charge in [0.2, 0.25) is 0 Å². The van der Waals surface area contributed by atoms with Crippen molar-refractivity contribution in [1.82, 2.24) is 5.32 Å². The Bertz CT molecular complexity index is 892. The molecule has 1 aromatic carbocycles. The number of anilines is 1. The minimum absolute atomic E-state index is 0.148. The first kappa shape index (κ1) is 25.8. The Morgan fingerprint density at radius 2 is 1.91 bits per heavy atom. The van der Waals surface area contributed by atoms with Crippen molar-refractivity contribution in [2.24, 2.45) is 4.99 Å². The standard InChI is InChI=1S/C18H19F6N3O4S/c1-4-31-13(28)16(30-3,18(22,23)24)26-14(29)27(15-25-9-10(2)32-15)12-7-5-6-11(8-12)17(19,20)21/h5-8,10H,4,9H2,1-3H3,(H,26,29). The molecule has 178 valence electrons. The Labute approximate surface area is 183 Å². The summed E-state index contributed by atoms with van der Waals surface area (Å²) in [6.07, 6.45) is -10.2. The van der Waals surface area contributed by atoms with Gasteiger partial charge in [0.15, 0.2) is 5.17 Å². The monoisotopic (exact) mass is 487 g/mol. The summed E-state index contributed by atoms with van der Waals surface area (Å²) in [5.41, 5.74) is -5.44. The molecule has 1 aliphatic heterocycles. The van der Waals surface area contributed by atoms with E-state index in [1.54, 1.807) is 6.92 Å². The molecule has 2 unspecified atom stereocenters. The zero-order valence-electron chi connectivity index (χ0n) is 17.0. The molecule has 0 spiro atoms. The molecule has 1 aromatic rings. The largest absolute Gasteiger partial charge is 0.462 e. The van der Waals surface area contributed by atoms with Crippen LogP contribution in [0.15, 0.2) is 29.3 Å².